The van der Waals surface area contributed by atoms with Crippen molar-refractivity contribution in [2.24, 2.45) is 5.92 Å². The van der Waals surface area contributed by atoms with Gasteiger partial charge in [0.2, 0.25) is 5.91 Å². The molecule has 1 amide bonds. The van der Waals surface area contributed by atoms with E-state index >= 15 is 0 Å². The van der Waals surface area contributed by atoms with Crippen molar-refractivity contribution in [3.8, 4) is 5.75 Å². The lowest BCUT2D eigenvalue weighted by Crippen LogP contribution is -2.30. The summed E-state index contributed by atoms with van der Waals surface area (Å²) >= 11 is 0. The number of aryl methyl sites for hydroxylation is 2. The van der Waals surface area contributed by atoms with Crippen molar-refractivity contribution in [1.29, 1.82) is 0 Å². The van der Waals surface area contributed by atoms with Crippen LogP contribution in [-0.2, 0) is 16.0 Å². The molecule has 7 heteroatoms. The van der Waals surface area contributed by atoms with E-state index in [-0.39, 0.29) is 18.4 Å². The largest absolute Gasteiger partial charge is 0.497 e. The van der Waals surface area contributed by atoms with Gasteiger partial charge >= 0.3 is 5.97 Å². The summed E-state index contributed by atoms with van der Waals surface area (Å²) in [4.78, 5) is 26.1. The van der Waals surface area contributed by atoms with E-state index < -0.39 is 11.9 Å². The monoisotopic (exact) mass is 371 g/mol. The molecule has 0 spiro atoms. The average molecular weight is 371 g/mol. The van der Waals surface area contributed by atoms with Gasteiger partial charge in [-0.15, -0.1) is 0 Å². The Balaban J connectivity index is 1.70. The smallest absolute Gasteiger partial charge is 0.308 e. The van der Waals surface area contributed by atoms with Gasteiger partial charge in [0.05, 0.1) is 18.7 Å². The van der Waals surface area contributed by atoms with Crippen LogP contribution in [-0.4, -0.2) is 52.3 Å². The van der Waals surface area contributed by atoms with Crippen LogP contribution in [0.1, 0.15) is 34.9 Å². The molecule has 2 aromatic rings. The molecule has 1 saturated heterocycles. The summed E-state index contributed by atoms with van der Waals surface area (Å²) in [7, 11) is 1.58. The molecule has 2 N–H and O–H groups in total. The minimum atomic E-state index is -0.878. The summed E-state index contributed by atoms with van der Waals surface area (Å²) in [6, 6.07) is 7.42. The second-order valence-electron chi connectivity index (χ2n) is 7.05. The molecule has 7 nitrogen and oxygen atoms in total. The number of carboxylic acid groups (broad SMARTS) is 1. The summed E-state index contributed by atoms with van der Waals surface area (Å²) in [5, 5.41) is 16.8. The van der Waals surface area contributed by atoms with E-state index in [9.17, 15) is 14.7 Å². The molecule has 1 fully saturated rings. The molecule has 0 saturated carbocycles. The first-order valence-electron chi connectivity index (χ1n) is 9.05. The van der Waals surface area contributed by atoms with E-state index in [0.29, 0.717) is 25.1 Å². The molecule has 1 aromatic heterocycles. The van der Waals surface area contributed by atoms with Crippen LogP contribution in [0, 0.1) is 19.8 Å². The number of carbonyl (C=O) groups excluding carboxylic acids is 1. The molecule has 0 unspecified atom stereocenters. The van der Waals surface area contributed by atoms with Crippen molar-refractivity contribution in [3.05, 3.63) is 46.8 Å². The average Bonchev–Trinajstić information content (AvgIpc) is 3.25. The Bertz CT molecular complexity index is 846. The van der Waals surface area contributed by atoms with Crippen molar-refractivity contribution in [1.82, 2.24) is 15.1 Å². The number of aliphatic carboxylic acids is 1. The summed E-state index contributed by atoms with van der Waals surface area (Å²) in [5.74, 6) is -1.08. The minimum absolute atomic E-state index is 0.0355. The molecule has 0 radical (unpaired) electrons. The number of hydrogen-bond acceptors (Lipinski definition) is 4. The first-order chi connectivity index (χ1) is 12.9. The van der Waals surface area contributed by atoms with E-state index in [1.165, 1.54) is 0 Å². The van der Waals surface area contributed by atoms with Gasteiger partial charge in [0.1, 0.15) is 5.75 Å². The third-order valence-corrected chi connectivity index (χ3v) is 5.44. The Hall–Kier alpha value is -2.83. The molecule has 0 aliphatic carbocycles. The maximum atomic E-state index is 12.7. The second kappa shape index (κ2) is 7.82. The maximum Gasteiger partial charge on any atom is 0.308 e. The number of carboxylic acids is 1. The number of rotatable bonds is 6. The van der Waals surface area contributed by atoms with E-state index in [2.05, 4.69) is 10.2 Å². The molecule has 144 valence electrons. The van der Waals surface area contributed by atoms with Gasteiger partial charge in [-0.25, -0.2) is 0 Å². The van der Waals surface area contributed by atoms with Gasteiger partial charge in [0, 0.05) is 37.5 Å². The first-order valence-corrected chi connectivity index (χ1v) is 9.05. The highest BCUT2D eigenvalue weighted by Gasteiger charge is 2.40. The number of aromatic nitrogens is 2. The molecule has 27 heavy (non-hydrogen) atoms. The lowest BCUT2D eigenvalue weighted by atomic mass is 9.89. The Labute approximate surface area is 158 Å². The van der Waals surface area contributed by atoms with Crippen LogP contribution in [0.25, 0.3) is 0 Å². The van der Waals surface area contributed by atoms with Gasteiger partial charge in [-0.1, -0.05) is 12.1 Å². The van der Waals surface area contributed by atoms with Crippen molar-refractivity contribution < 1.29 is 19.4 Å². The third kappa shape index (κ3) is 3.97. The van der Waals surface area contributed by atoms with Crippen molar-refractivity contribution in [2.75, 3.05) is 20.2 Å². The molecule has 1 aliphatic rings. The third-order valence-electron chi connectivity index (χ3n) is 5.44. The lowest BCUT2D eigenvalue weighted by Gasteiger charge is -2.17. The molecule has 1 aliphatic heterocycles. The van der Waals surface area contributed by atoms with Crippen LogP contribution < -0.4 is 4.74 Å². The highest BCUT2D eigenvalue weighted by atomic mass is 16.5. The Kier molecular flexibility index (Phi) is 5.48. The molecule has 1 aromatic carbocycles. The molecular weight excluding hydrogens is 346 g/mol. The molecular formula is C20H25N3O4. The van der Waals surface area contributed by atoms with Crippen LogP contribution >= 0.6 is 0 Å². The number of H-pyrrole nitrogens is 1. The van der Waals surface area contributed by atoms with Gasteiger partial charge in [-0.3, -0.25) is 14.7 Å². The SMILES string of the molecule is COc1cccc([C@@H]2CN(C(=O)CCc3n[nH]c(C)c3C)C[C@H]2C(=O)O)c1. The van der Waals surface area contributed by atoms with E-state index in [1.54, 1.807) is 12.0 Å². The molecule has 0 bridgehead atoms. The van der Waals surface area contributed by atoms with E-state index in [0.717, 1.165) is 22.5 Å². The van der Waals surface area contributed by atoms with Crippen LogP contribution in [0.5, 0.6) is 5.75 Å². The summed E-state index contributed by atoms with van der Waals surface area (Å²) in [6.45, 7) is 4.56. The van der Waals surface area contributed by atoms with Crippen LogP contribution in [0.3, 0.4) is 0 Å². The fraction of sp³-hybridized carbons (Fsp3) is 0.450. The molecule has 2 atom stereocenters. The number of ether oxygens (including phenoxy) is 1. The van der Waals surface area contributed by atoms with Crippen LogP contribution in [0.4, 0.5) is 0 Å². The Morgan fingerprint density at radius 3 is 2.74 bits per heavy atom. The second-order valence-corrected chi connectivity index (χ2v) is 7.05. The molecule has 3 rings (SSSR count). The number of hydrogen-bond donors (Lipinski definition) is 2. The normalized spacial score (nSPS) is 19.3. The highest BCUT2D eigenvalue weighted by molar-refractivity contribution is 5.80. The number of carbonyl (C=O) groups is 2. The quantitative estimate of drug-likeness (QED) is 0.812. The predicted octanol–water partition coefficient (Wildman–Crippen LogP) is 2.29. The standard InChI is InChI=1S/C20H25N3O4/c1-12-13(2)21-22-18(12)7-8-19(24)23-10-16(17(11-23)20(25)26)14-5-4-6-15(9-14)27-3/h4-6,9,16-17H,7-8,10-11H2,1-3H3,(H,21,22)(H,25,26)/t16-,17+/m0/s1. The number of amides is 1. The molecule has 2 heterocycles. The maximum absolute atomic E-state index is 12.7. The highest BCUT2D eigenvalue weighted by Crippen LogP contribution is 2.34. The topological polar surface area (TPSA) is 95.5 Å². The van der Waals surface area contributed by atoms with Crippen LogP contribution in [0.2, 0.25) is 0 Å². The summed E-state index contributed by atoms with van der Waals surface area (Å²) in [6.07, 6.45) is 0.870. The number of likely N-dealkylation sites (tertiary alicyclic amines) is 1. The number of methoxy groups -OCH3 is 1. The fourth-order valence-electron chi connectivity index (χ4n) is 3.63. The van der Waals surface area contributed by atoms with Gasteiger partial charge < -0.3 is 14.7 Å². The van der Waals surface area contributed by atoms with Gasteiger partial charge in [-0.05, 0) is 37.1 Å². The number of aromatic amines is 1. The summed E-state index contributed by atoms with van der Waals surface area (Å²) < 4.78 is 5.25. The number of benzene rings is 1. The van der Waals surface area contributed by atoms with Gasteiger partial charge in [-0.2, -0.15) is 5.10 Å². The number of nitrogens with zero attached hydrogens (tertiary/aromatic N) is 2. The van der Waals surface area contributed by atoms with Gasteiger partial charge in [0.25, 0.3) is 0 Å². The zero-order valence-electron chi connectivity index (χ0n) is 15.9. The first kappa shape index (κ1) is 18.9. The zero-order valence-corrected chi connectivity index (χ0v) is 15.9. The lowest BCUT2D eigenvalue weighted by molar-refractivity contribution is -0.141. The van der Waals surface area contributed by atoms with Crippen molar-refractivity contribution in [2.45, 2.75) is 32.6 Å². The Morgan fingerprint density at radius 2 is 2.11 bits per heavy atom. The van der Waals surface area contributed by atoms with E-state index in [4.69, 9.17) is 4.74 Å². The van der Waals surface area contributed by atoms with Crippen LogP contribution in [0.15, 0.2) is 24.3 Å². The predicted molar refractivity (Wildman–Crippen MR) is 99.8 cm³/mol. The van der Waals surface area contributed by atoms with E-state index in [1.807, 2.05) is 38.1 Å². The Morgan fingerprint density at radius 1 is 1.33 bits per heavy atom. The summed E-state index contributed by atoms with van der Waals surface area (Å²) in [5.41, 5.74) is 3.85. The van der Waals surface area contributed by atoms with Gasteiger partial charge in [0.15, 0.2) is 0 Å². The number of nitrogens with one attached hydrogen (secondary N) is 1. The fourth-order valence-corrected chi connectivity index (χ4v) is 3.63. The zero-order chi connectivity index (χ0) is 19.6. The van der Waals surface area contributed by atoms with Crippen molar-refractivity contribution in [3.63, 3.8) is 0 Å². The van der Waals surface area contributed by atoms with Crippen molar-refractivity contribution >= 4 is 11.9 Å². The minimum Gasteiger partial charge on any atom is -0.497 e.